The third-order valence-electron chi connectivity index (χ3n) is 3.79. The third kappa shape index (κ3) is 3.69. The van der Waals surface area contributed by atoms with Crippen LogP contribution in [0.5, 0.6) is 0 Å². The number of hydrogen-bond donors (Lipinski definition) is 1. The monoisotopic (exact) mass is 420 g/mol. The normalized spacial score (nSPS) is 11.5. The number of thiazole rings is 1. The summed E-state index contributed by atoms with van der Waals surface area (Å²) in [5, 5.41) is 10.3. The molecule has 10 heteroatoms. The van der Waals surface area contributed by atoms with Gasteiger partial charge in [-0.15, -0.1) is 22.7 Å². The largest absolute Gasteiger partial charge is 0.418 e. The quantitative estimate of drug-likeness (QED) is 0.486. The van der Waals surface area contributed by atoms with Crippen LogP contribution in [0.25, 0.3) is 15.6 Å². The summed E-state index contributed by atoms with van der Waals surface area (Å²) in [4.78, 5) is 17.6. The number of alkyl halides is 3. The standard InChI is InChI=1S/C18H11F3N4OS2/c19-18(20,21)12-9-11(25-7-2-6-22-25)4-5-13(12)23-16(26)14-10-28-17(24-14)15-3-1-8-27-15/h1-10H,(H,23,26). The molecule has 0 unspecified atom stereocenters. The lowest BCUT2D eigenvalue weighted by atomic mass is 10.1. The average molecular weight is 420 g/mol. The lowest BCUT2D eigenvalue weighted by Crippen LogP contribution is -2.17. The van der Waals surface area contributed by atoms with E-state index in [1.54, 1.807) is 6.07 Å². The Kier molecular flexibility index (Phi) is 4.73. The van der Waals surface area contributed by atoms with Crippen molar-refractivity contribution in [3.05, 3.63) is 70.8 Å². The summed E-state index contributed by atoms with van der Waals surface area (Å²) in [6.45, 7) is 0. The highest BCUT2D eigenvalue weighted by Crippen LogP contribution is 2.36. The van der Waals surface area contributed by atoms with Crippen molar-refractivity contribution in [2.45, 2.75) is 6.18 Å². The van der Waals surface area contributed by atoms with Gasteiger partial charge in [-0.1, -0.05) is 6.07 Å². The number of amides is 1. The second-order valence-corrected chi connectivity index (χ2v) is 7.45. The number of hydrogen-bond acceptors (Lipinski definition) is 5. The van der Waals surface area contributed by atoms with Crippen LogP contribution in [0.2, 0.25) is 0 Å². The number of thiophene rings is 1. The molecule has 1 N–H and O–H groups in total. The second kappa shape index (κ2) is 7.21. The number of carbonyl (C=O) groups excluding carboxylic acids is 1. The summed E-state index contributed by atoms with van der Waals surface area (Å²) in [6.07, 6.45) is -1.64. The Bertz CT molecular complexity index is 1100. The topological polar surface area (TPSA) is 59.8 Å². The van der Waals surface area contributed by atoms with Crippen LogP contribution in [0.15, 0.2) is 59.6 Å². The Morgan fingerprint density at radius 2 is 2.00 bits per heavy atom. The maximum Gasteiger partial charge on any atom is 0.418 e. The zero-order valence-electron chi connectivity index (χ0n) is 14.0. The molecule has 0 spiro atoms. The van der Waals surface area contributed by atoms with Crippen molar-refractivity contribution in [2.24, 2.45) is 0 Å². The van der Waals surface area contributed by atoms with E-state index >= 15 is 0 Å². The minimum Gasteiger partial charge on any atom is -0.320 e. The zero-order valence-corrected chi connectivity index (χ0v) is 15.6. The van der Waals surface area contributed by atoms with E-state index in [1.165, 1.54) is 57.3 Å². The molecule has 1 amide bonds. The van der Waals surface area contributed by atoms with Crippen LogP contribution in [0.4, 0.5) is 18.9 Å². The molecule has 0 fully saturated rings. The number of anilines is 1. The van der Waals surface area contributed by atoms with Crippen LogP contribution in [-0.4, -0.2) is 20.7 Å². The molecule has 0 aliphatic carbocycles. The van der Waals surface area contributed by atoms with Crippen LogP contribution in [0.3, 0.4) is 0 Å². The van der Waals surface area contributed by atoms with Gasteiger partial charge in [-0.05, 0) is 35.7 Å². The molecule has 0 saturated carbocycles. The van der Waals surface area contributed by atoms with Gasteiger partial charge in [-0.25, -0.2) is 9.67 Å². The first kappa shape index (κ1) is 18.4. The summed E-state index contributed by atoms with van der Waals surface area (Å²) in [7, 11) is 0. The summed E-state index contributed by atoms with van der Waals surface area (Å²) in [5.41, 5.74) is -0.983. The summed E-state index contributed by atoms with van der Waals surface area (Å²) < 4.78 is 41.9. The van der Waals surface area contributed by atoms with Crippen molar-refractivity contribution in [3.8, 4) is 15.6 Å². The fraction of sp³-hybridized carbons (Fsp3) is 0.0556. The van der Waals surface area contributed by atoms with E-state index in [2.05, 4.69) is 15.4 Å². The molecule has 0 radical (unpaired) electrons. The molecular weight excluding hydrogens is 409 g/mol. The van der Waals surface area contributed by atoms with E-state index in [-0.39, 0.29) is 17.1 Å². The number of aromatic nitrogens is 3. The van der Waals surface area contributed by atoms with Gasteiger partial charge in [-0.3, -0.25) is 4.79 Å². The van der Waals surface area contributed by atoms with Crippen molar-refractivity contribution in [2.75, 3.05) is 5.32 Å². The average Bonchev–Trinajstić information content (AvgIpc) is 3.42. The first-order valence-corrected chi connectivity index (χ1v) is 9.70. The van der Waals surface area contributed by atoms with Crippen molar-refractivity contribution in [1.82, 2.24) is 14.8 Å². The van der Waals surface area contributed by atoms with Gasteiger partial charge in [0.15, 0.2) is 0 Å². The highest BCUT2D eigenvalue weighted by molar-refractivity contribution is 7.20. The molecule has 5 nitrogen and oxygen atoms in total. The minimum absolute atomic E-state index is 0.0673. The summed E-state index contributed by atoms with van der Waals surface area (Å²) >= 11 is 2.73. The van der Waals surface area contributed by atoms with Gasteiger partial charge in [0.25, 0.3) is 5.91 Å². The van der Waals surface area contributed by atoms with Crippen molar-refractivity contribution < 1.29 is 18.0 Å². The van der Waals surface area contributed by atoms with E-state index in [9.17, 15) is 18.0 Å². The summed E-state index contributed by atoms with van der Waals surface area (Å²) in [6, 6.07) is 8.94. The fourth-order valence-electron chi connectivity index (χ4n) is 2.52. The van der Waals surface area contributed by atoms with Gasteiger partial charge in [-0.2, -0.15) is 18.3 Å². The molecule has 3 aromatic heterocycles. The maximum atomic E-state index is 13.5. The number of rotatable bonds is 4. The van der Waals surface area contributed by atoms with E-state index in [1.807, 2.05) is 17.5 Å². The van der Waals surface area contributed by atoms with Gasteiger partial charge in [0.1, 0.15) is 10.7 Å². The molecule has 4 aromatic rings. The zero-order chi connectivity index (χ0) is 19.7. The molecule has 0 aliphatic rings. The number of nitrogens with zero attached hydrogens (tertiary/aromatic N) is 3. The van der Waals surface area contributed by atoms with Crippen LogP contribution >= 0.6 is 22.7 Å². The van der Waals surface area contributed by atoms with E-state index < -0.39 is 17.6 Å². The van der Waals surface area contributed by atoms with Gasteiger partial charge < -0.3 is 5.32 Å². The molecule has 142 valence electrons. The van der Waals surface area contributed by atoms with E-state index in [4.69, 9.17) is 0 Å². The predicted molar refractivity (Wildman–Crippen MR) is 102 cm³/mol. The first-order valence-electron chi connectivity index (χ1n) is 7.94. The molecule has 0 aliphatic heterocycles. The first-order chi connectivity index (χ1) is 13.4. The Labute approximate surface area is 165 Å². The number of benzene rings is 1. The molecule has 0 bridgehead atoms. The molecule has 28 heavy (non-hydrogen) atoms. The van der Waals surface area contributed by atoms with Gasteiger partial charge in [0.05, 0.1) is 21.8 Å². The van der Waals surface area contributed by atoms with Gasteiger partial charge in [0.2, 0.25) is 0 Å². The van der Waals surface area contributed by atoms with Crippen LogP contribution in [-0.2, 0) is 6.18 Å². The Morgan fingerprint density at radius 3 is 2.68 bits per heavy atom. The second-order valence-electron chi connectivity index (χ2n) is 5.65. The van der Waals surface area contributed by atoms with Crippen molar-refractivity contribution >= 4 is 34.3 Å². The minimum atomic E-state index is -4.64. The summed E-state index contributed by atoms with van der Waals surface area (Å²) in [5.74, 6) is -0.698. The van der Waals surface area contributed by atoms with Crippen molar-refractivity contribution in [1.29, 1.82) is 0 Å². The SMILES string of the molecule is O=C(Nc1ccc(-n2cccn2)cc1C(F)(F)F)c1csc(-c2cccs2)n1. The molecule has 3 heterocycles. The third-order valence-corrected chi connectivity index (χ3v) is 5.68. The number of carbonyl (C=O) groups is 1. The van der Waals surface area contributed by atoms with Crippen LogP contribution < -0.4 is 5.32 Å². The smallest absolute Gasteiger partial charge is 0.320 e. The van der Waals surface area contributed by atoms with Crippen molar-refractivity contribution in [3.63, 3.8) is 0 Å². The van der Waals surface area contributed by atoms with Crippen LogP contribution in [0, 0.1) is 0 Å². The maximum absolute atomic E-state index is 13.5. The van der Waals surface area contributed by atoms with Crippen LogP contribution in [0.1, 0.15) is 16.1 Å². The highest BCUT2D eigenvalue weighted by Gasteiger charge is 2.34. The molecule has 4 rings (SSSR count). The Morgan fingerprint density at radius 1 is 1.14 bits per heavy atom. The van der Waals surface area contributed by atoms with Gasteiger partial charge >= 0.3 is 6.18 Å². The Balaban J connectivity index is 1.63. The lowest BCUT2D eigenvalue weighted by Gasteiger charge is -2.15. The number of halogens is 3. The molecular formula is C18H11F3N4OS2. The lowest BCUT2D eigenvalue weighted by molar-refractivity contribution is -0.136. The van der Waals surface area contributed by atoms with Gasteiger partial charge in [0, 0.05) is 17.8 Å². The molecule has 0 saturated heterocycles. The molecule has 0 atom stereocenters. The predicted octanol–water partition coefficient (Wildman–Crippen LogP) is 5.33. The molecule has 1 aromatic carbocycles. The fourth-order valence-corrected chi connectivity index (χ4v) is 4.13. The Hall–Kier alpha value is -2.98. The van der Waals surface area contributed by atoms with E-state index in [0.717, 1.165) is 10.9 Å². The van der Waals surface area contributed by atoms with E-state index in [0.29, 0.717) is 5.01 Å². The number of nitrogens with one attached hydrogen (secondary N) is 1. The highest BCUT2D eigenvalue weighted by atomic mass is 32.1.